The number of hydrogen-bond donors (Lipinski definition) is 2. The molecule has 28 heavy (non-hydrogen) atoms. The number of amides is 1. The molecule has 10 heteroatoms. The maximum Gasteiger partial charge on any atom is 0.271 e. The summed E-state index contributed by atoms with van der Waals surface area (Å²) >= 11 is 0. The molecule has 0 aliphatic rings. The predicted octanol–water partition coefficient (Wildman–Crippen LogP) is 2.69. The van der Waals surface area contributed by atoms with Crippen molar-refractivity contribution >= 4 is 27.3 Å². The molecule has 0 aromatic heterocycles. The standard InChI is InChI=1S/C18H21N3O6S/c1-18(2,3)20-28(25,26)16-9-7-15(8-10-16)27-12-17(22)19-13-5-4-6-14(11-13)21(23)24/h4-11,20H,12H2,1-3H3,(H,19,22). The van der Waals surface area contributed by atoms with Gasteiger partial charge < -0.3 is 10.1 Å². The number of nitro groups is 1. The van der Waals surface area contributed by atoms with Crippen LogP contribution in [0.4, 0.5) is 11.4 Å². The van der Waals surface area contributed by atoms with Gasteiger partial charge in [-0.15, -0.1) is 0 Å². The minimum absolute atomic E-state index is 0.0795. The zero-order valence-electron chi connectivity index (χ0n) is 15.6. The van der Waals surface area contributed by atoms with Crippen molar-refractivity contribution in [2.45, 2.75) is 31.2 Å². The zero-order chi connectivity index (χ0) is 20.9. The van der Waals surface area contributed by atoms with Crippen LogP contribution in [0.5, 0.6) is 5.75 Å². The second-order valence-corrected chi connectivity index (χ2v) is 8.65. The zero-order valence-corrected chi connectivity index (χ0v) is 16.4. The first kappa shape index (κ1) is 21.3. The van der Waals surface area contributed by atoms with Crippen molar-refractivity contribution in [1.82, 2.24) is 4.72 Å². The van der Waals surface area contributed by atoms with E-state index in [1.54, 1.807) is 20.8 Å². The van der Waals surface area contributed by atoms with Gasteiger partial charge >= 0.3 is 0 Å². The number of ether oxygens (including phenoxy) is 1. The van der Waals surface area contributed by atoms with E-state index in [0.717, 1.165) is 0 Å². The van der Waals surface area contributed by atoms with E-state index in [4.69, 9.17) is 4.74 Å². The van der Waals surface area contributed by atoms with E-state index in [-0.39, 0.29) is 22.9 Å². The number of carbonyl (C=O) groups is 1. The molecule has 2 rings (SSSR count). The second kappa shape index (κ2) is 8.36. The molecule has 2 N–H and O–H groups in total. The number of non-ortho nitro benzene ring substituents is 1. The lowest BCUT2D eigenvalue weighted by Gasteiger charge is -2.20. The fourth-order valence-corrected chi connectivity index (χ4v) is 3.64. The number of hydrogen-bond acceptors (Lipinski definition) is 6. The second-order valence-electron chi connectivity index (χ2n) is 6.97. The van der Waals surface area contributed by atoms with Crippen LogP contribution in [-0.2, 0) is 14.8 Å². The highest BCUT2D eigenvalue weighted by molar-refractivity contribution is 7.89. The number of nitrogens with one attached hydrogen (secondary N) is 2. The van der Waals surface area contributed by atoms with E-state index in [1.165, 1.54) is 48.5 Å². The van der Waals surface area contributed by atoms with Gasteiger partial charge in [0.1, 0.15) is 5.75 Å². The molecule has 0 heterocycles. The number of rotatable bonds is 7. The third-order valence-electron chi connectivity index (χ3n) is 3.29. The summed E-state index contributed by atoms with van der Waals surface area (Å²) in [5, 5.41) is 13.2. The molecule has 0 saturated carbocycles. The van der Waals surface area contributed by atoms with Gasteiger partial charge in [0.15, 0.2) is 6.61 Å². The molecule has 0 atom stereocenters. The molecular weight excluding hydrogens is 386 g/mol. The number of benzene rings is 2. The maximum absolute atomic E-state index is 12.2. The Labute approximate surface area is 162 Å². The lowest BCUT2D eigenvalue weighted by Crippen LogP contribution is -2.40. The van der Waals surface area contributed by atoms with Gasteiger partial charge in [0.25, 0.3) is 11.6 Å². The summed E-state index contributed by atoms with van der Waals surface area (Å²) in [7, 11) is -3.66. The highest BCUT2D eigenvalue weighted by Crippen LogP contribution is 2.19. The van der Waals surface area contributed by atoms with Crippen molar-refractivity contribution in [2.75, 3.05) is 11.9 Å². The van der Waals surface area contributed by atoms with Gasteiger partial charge in [-0.1, -0.05) is 6.07 Å². The highest BCUT2D eigenvalue weighted by atomic mass is 32.2. The first-order valence-corrected chi connectivity index (χ1v) is 9.76. The Morgan fingerprint density at radius 1 is 1.14 bits per heavy atom. The molecule has 0 unspecified atom stereocenters. The van der Waals surface area contributed by atoms with Gasteiger partial charge in [-0.25, -0.2) is 13.1 Å². The average molecular weight is 407 g/mol. The normalized spacial score (nSPS) is 11.7. The van der Waals surface area contributed by atoms with Gasteiger partial charge in [-0.2, -0.15) is 0 Å². The Bertz CT molecular complexity index is 966. The molecule has 2 aromatic carbocycles. The molecule has 0 aliphatic heterocycles. The average Bonchev–Trinajstić information content (AvgIpc) is 2.58. The van der Waals surface area contributed by atoms with E-state index < -0.39 is 26.4 Å². The number of carbonyl (C=O) groups excluding carboxylic acids is 1. The molecule has 0 bridgehead atoms. The van der Waals surface area contributed by atoms with Crippen LogP contribution in [0, 0.1) is 10.1 Å². The van der Waals surface area contributed by atoms with Gasteiger partial charge in [0.2, 0.25) is 10.0 Å². The Morgan fingerprint density at radius 3 is 2.36 bits per heavy atom. The van der Waals surface area contributed by atoms with Crippen LogP contribution in [-0.4, -0.2) is 31.4 Å². The monoisotopic (exact) mass is 407 g/mol. The topological polar surface area (TPSA) is 128 Å². The smallest absolute Gasteiger partial charge is 0.271 e. The third kappa shape index (κ3) is 6.32. The van der Waals surface area contributed by atoms with Crippen molar-refractivity contribution in [3.8, 4) is 5.75 Å². The molecule has 0 radical (unpaired) electrons. The van der Waals surface area contributed by atoms with E-state index >= 15 is 0 Å². The van der Waals surface area contributed by atoms with Crippen molar-refractivity contribution in [3.63, 3.8) is 0 Å². The quantitative estimate of drug-likeness (QED) is 0.536. The molecule has 9 nitrogen and oxygen atoms in total. The summed E-state index contributed by atoms with van der Waals surface area (Å²) in [5.74, 6) is -0.199. The minimum Gasteiger partial charge on any atom is -0.484 e. The first-order valence-electron chi connectivity index (χ1n) is 8.27. The maximum atomic E-state index is 12.2. The minimum atomic E-state index is -3.66. The molecule has 1 amide bonds. The summed E-state index contributed by atoms with van der Waals surface area (Å²) in [6.45, 7) is 4.88. The van der Waals surface area contributed by atoms with Crippen LogP contribution >= 0.6 is 0 Å². The van der Waals surface area contributed by atoms with Gasteiger partial charge in [-0.05, 0) is 51.1 Å². The van der Waals surface area contributed by atoms with E-state index in [1.807, 2.05) is 0 Å². The van der Waals surface area contributed by atoms with Gasteiger partial charge in [0, 0.05) is 23.4 Å². The lowest BCUT2D eigenvalue weighted by molar-refractivity contribution is -0.384. The fourth-order valence-electron chi connectivity index (χ4n) is 2.22. The molecule has 0 spiro atoms. The van der Waals surface area contributed by atoms with Crippen molar-refractivity contribution < 1.29 is 22.9 Å². The van der Waals surface area contributed by atoms with E-state index in [0.29, 0.717) is 5.75 Å². The fraction of sp³-hybridized carbons (Fsp3) is 0.278. The number of nitrogens with zero attached hydrogens (tertiary/aromatic N) is 1. The van der Waals surface area contributed by atoms with Crippen LogP contribution in [0.3, 0.4) is 0 Å². The first-order chi connectivity index (χ1) is 13.0. The van der Waals surface area contributed by atoms with Crippen molar-refractivity contribution in [2.24, 2.45) is 0 Å². The lowest BCUT2D eigenvalue weighted by atomic mass is 10.1. The van der Waals surface area contributed by atoms with Crippen LogP contribution in [0.1, 0.15) is 20.8 Å². The molecule has 0 fully saturated rings. The molecule has 150 valence electrons. The highest BCUT2D eigenvalue weighted by Gasteiger charge is 2.21. The van der Waals surface area contributed by atoms with Gasteiger partial charge in [-0.3, -0.25) is 14.9 Å². The predicted molar refractivity (Wildman–Crippen MR) is 104 cm³/mol. The van der Waals surface area contributed by atoms with E-state index in [9.17, 15) is 23.3 Å². The summed E-state index contributed by atoms with van der Waals surface area (Å²) in [6, 6.07) is 11.2. The summed E-state index contributed by atoms with van der Waals surface area (Å²) in [4.78, 5) is 22.2. The Hall–Kier alpha value is -2.98. The summed E-state index contributed by atoms with van der Waals surface area (Å²) < 4.78 is 32.3. The third-order valence-corrected chi connectivity index (χ3v) is 5.06. The molecule has 0 aliphatic carbocycles. The SMILES string of the molecule is CC(C)(C)NS(=O)(=O)c1ccc(OCC(=O)Nc2cccc([N+](=O)[O-])c2)cc1. The number of nitro benzene ring substituents is 1. The van der Waals surface area contributed by atoms with Crippen molar-refractivity contribution in [1.29, 1.82) is 0 Å². The number of anilines is 1. The van der Waals surface area contributed by atoms with E-state index in [2.05, 4.69) is 10.0 Å². The van der Waals surface area contributed by atoms with Crippen molar-refractivity contribution in [3.05, 3.63) is 58.6 Å². The van der Waals surface area contributed by atoms with Crippen LogP contribution in [0.2, 0.25) is 0 Å². The summed E-state index contributed by atoms with van der Waals surface area (Å²) in [5.41, 5.74) is -0.476. The molecular formula is C18H21N3O6S. The van der Waals surface area contributed by atoms with Crippen LogP contribution in [0.25, 0.3) is 0 Å². The van der Waals surface area contributed by atoms with Gasteiger partial charge in [0.05, 0.1) is 9.82 Å². The molecule has 2 aromatic rings. The van der Waals surface area contributed by atoms with Crippen LogP contribution in [0.15, 0.2) is 53.4 Å². The Morgan fingerprint density at radius 2 is 1.79 bits per heavy atom. The Balaban J connectivity index is 1.95. The van der Waals surface area contributed by atoms with Crippen LogP contribution < -0.4 is 14.8 Å². The Kier molecular flexibility index (Phi) is 6.37. The summed E-state index contributed by atoms with van der Waals surface area (Å²) in [6.07, 6.45) is 0. The largest absolute Gasteiger partial charge is 0.484 e. The number of sulfonamides is 1. The molecule has 0 saturated heterocycles.